The summed E-state index contributed by atoms with van der Waals surface area (Å²) in [6.07, 6.45) is 2.30. The van der Waals surface area contributed by atoms with Crippen molar-refractivity contribution in [2.45, 2.75) is 27.2 Å². The Morgan fingerprint density at radius 2 is 1.88 bits per heavy atom. The Hall–Kier alpha value is -2.95. The first-order valence-corrected chi connectivity index (χ1v) is 7.86. The van der Waals surface area contributed by atoms with Crippen LogP contribution < -0.4 is 0 Å². The molecule has 0 aliphatic rings. The number of rotatable bonds is 4. The van der Waals surface area contributed by atoms with Crippen LogP contribution in [-0.4, -0.2) is 25.8 Å². The Morgan fingerprint density at radius 1 is 1.17 bits per heavy atom. The molecule has 24 heavy (non-hydrogen) atoms. The van der Waals surface area contributed by atoms with Gasteiger partial charge in [0.25, 0.3) is 0 Å². The molecule has 3 rings (SSSR count). The lowest BCUT2D eigenvalue weighted by Crippen LogP contribution is -2.05. The van der Waals surface area contributed by atoms with Crippen molar-refractivity contribution in [3.8, 4) is 17.1 Å². The van der Waals surface area contributed by atoms with E-state index in [9.17, 15) is 9.90 Å². The Kier molecular flexibility index (Phi) is 4.16. The number of aryl methyl sites for hydroxylation is 2. The van der Waals surface area contributed by atoms with Crippen LogP contribution in [0.1, 0.15) is 34.1 Å². The van der Waals surface area contributed by atoms with E-state index in [1.54, 1.807) is 10.7 Å². The Labute approximate surface area is 140 Å². The van der Waals surface area contributed by atoms with Crippen molar-refractivity contribution in [1.82, 2.24) is 14.8 Å². The maximum Gasteiger partial charge on any atom is 0.335 e. The minimum Gasteiger partial charge on any atom is -0.478 e. The number of aromatic carboxylic acids is 1. The highest BCUT2D eigenvalue weighted by atomic mass is 16.4. The third kappa shape index (κ3) is 2.80. The fraction of sp³-hybridized carbons (Fsp3) is 0.211. The van der Waals surface area contributed by atoms with Crippen molar-refractivity contribution >= 4 is 5.97 Å². The normalized spacial score (nSPS) is 10.8. The third-order valence-corrected chi connectivity index (χ3v) is 4.09. The van der Waals surface area contributed by atoms with E-state index in [1.165, 1.54) is 17.8 Å². The minimum absolute atomic E-state index is 0.195. The van der Waals surface area contributed by atoms with Crippen LogP contribution in [0.2, 0.25) is 0 Å². The molecule has 122 valence electrons. The molecule has 0 saturated carbocycles. The number of nitrogens with zero attached hydrogens (tertiary/aromatic N) is 3. The molecule has 0 radical (unpaired) electrons. The predicted molar refractivity (Wildman–Crippen MR) is 92.6 cm³/mol. The van der Waals surface area contributed by atoms with Crippen LogP contribution in [0.3, 0.4) is 0 Å². The first-order chi connectivity index (χ1) is 11.5. The average molecular weight is 321 g/mol. The molecule has 0 unspecified atom stereocenters. The summed E-state index contributed by atoms with van der Waals surface area (Å²) in [6.45, 7) is 6.14. The molecule has 2 aromatic heterocycles. The van der Waals surface area contributed by atoms with E-state index in [0.717, 1.165) is 28.9 Å². The van der Waals surface area contributed by atoms with Crippen LogP contribution in [0.25, 0.3) is 17.1 Å². The second-order valence-electron chi connectivity index (χ2n) is 5.76. The van der Waals surface area contributed by atoms with Gasteiger partial charge in [0, 0.05) is 11.8 Å². The lowest BCUT2D eigenvalue weighted by atomic mass is 10.0. The van der Waals surface area contributed by atoms with E-state index in [4.69, 9.17) is 0 Å². The fourth-order valence-corrected chi connectivity index (χ4v) is 2.76. The molecule has 0 aliphatic carbocycles. The van der Waals surface area contributed by atoms with E-state index in [0.29, 0.717) is 5.82 Å². The summed E-state index contributed by atoms with van der Waals surface area (Å²) in [5.41, 5.74) is 5.43. The summed E-state index contributed by atoms with van der Waals surface area (Å²) in [5.74, 6) is -0.469. The molecule has 2 heterocycles. The molecule has 0 atom stereocenters. The van der Waals surface area contributed by atoms with Gasteiger partial charge in [-0.15, -0.1) is 0 Å². The summed E-state index contributed by atoms with van der Waals surface area (Å²) in [5, 5.41) is 13.9. The van der Waals surface area contributed by atoms with Gasteiger partial charge in [-0.2, -0.15) is 5.10 Å². The second kappa shape index (κ2) is 6.28. The van der Waals surface area contributed by atoms with Gasteiger partial charge in [-0.1, -0.05) is 36.8 Å². The minimum atomic E-state index is -0.977. The van der Waals surface area contributed by atoms with Gasteiger partial charge in [0.2, 0.25) is 0 Å². The highest BCUT2D eigenvalue weighted by Crippen LogP contribution is 2.28. The van der Waals surface area contributed by atoms with Crippen molar-refractivity contribution in [3.05, 3.63) is 65.0 Å². The standard InChI is InChI=1S/C19H19N3O2/c1-4-16-13(3)18(14-7-5-12(2)6-8-14)22(21-16)17-11-15(19(23)24)9-10-20-17/h5-11H,4H2,1-3H3,(H,23,24). The molecule has 0 aliphatic heterocycles. The monoisotopic (exact) mass is 321 g/mol. The van der Waals surface area contributed by atoms with Gasteiger partial charge >= 0.3 is 5.97 Å². The zero-order valence-electron chi connectivity index (χ0n) is 13.9. The van der Waals surface area contributed by atoms with Crippen molar-refractivity contribution in [2.24, 2.45) is 0 Å². The highest BCUT2D eigenvalue weighted by molar-refractivity contribution is 5.88. The second-order valence-corrected chi connectivity index (χ2v) is 5.76. The molecule has 3 aromatic rings. The molecule has 0 spiro atoms. The topological polar surface area (TPSA) is 68.0 Å². The zero-order valence-corrected chi connectivity index (χ0v) is 13.9. The average Bonchev–Trinajstić information content (AvgIpc) is 2.92. The summed E-state index contributed by atoms with van der Waals surface area (Å²) in [4.78, 5) is 15.6. The number of carboxylic acids is 1. The van der Waals surface area contributed by atoms with Gasteiger partial charge in [0.15, 0.2) is 5.82 Å². The fourth-order valence-electron chi connectivity index (χ4n) is 2.76. The number of hydrogen-bond donors (Lipinski definition) is 1. The SMILES string of the molecule is CCc1nn(-c2cc(C(=O)O)ccn2)c(-c2ccc(C)cc2)c1C. The summed E-state index contributed by atoms with van der Waals surface area (Å²) < 4.78 is 1.74. The van der Waals surface area contributed by atoms with Crippen LogP contribution in [0.4, 0.5) is 0 Å². The van der Waals surface area contributed by atoms with Gasteiger partial charge in [-0.25, -0.2) is 14.5 Å². The molecule has 0 fully saturated rings. The van der Waals surface area contributed by atoms with E-state index < -0.39 is 5.97 Å². The number of aromatic nitrogens is 3. The van der Waals surface area contributed by atoms with Crippen molar-refractivity contribution < 1.29 is 9.90 Å². The molecule has 5 heteroatoms. The maximum absolute atomic E-state index is 11.2. The summed E-state index contributed by atoms with van der Waals surface area (Å²) >= 11 is 0. The van der Waals surface area contributed by atoms with Gasteiger partial charge in [-0.3, -0.25) is 0 Å². The molecular formula is C19H19N3O2. The molecule has 5 nitrogen and oxygen atoms in total. The Morgan fingerprint density at radius 3 is 2.50 bits per heavy atom. The van der Waals surface area contributed by atoms with Crippen LogP contribution >= 0.6 is 0 Å². The smallest absolute Gasteiger partial charge is 0.335 e. The van der Waals surface area contributed by atoms with E-state index in [1.807, 2.05) is 13.8 Å². The summed E-state index contributed by atoms with van der Waals surface area (Å²) in [6, 6.07) is 11.2. The van der Waals surface area contributed by atoms with Crippen LogP contribution in [0, 0.1) is 13.8 Å². The molecule has 0 saturated heterocycles. The first-order valence-electron chi connectivity index (χ1n) is 7.86. The number of carboxylic acid groups (broad SMARTS) is 1. The van der Waals surface area contributed by atoms with E-state index in [-0.39, 0.29) is 5.56 Å². The zero-order chi connectivity index (χ0) is 17.3. The van der Waals surface area contributed by atoms with Crippen molar-refractivity contribution in [3.63, 3.8) is 0 Å². The van der Waals surface area contributed by atoms with Gasteiger partial charge in [0.1, 0.15) is 0 Å². The maximum atomic E-state index is 11.2. The number of hydrogen-bond acceptors (Lipinski definition) is 3. The molecule has 0 amide bonds. The Balaban J connectivity index is 2.22. The highest BCUT2D eigenvalue weighted by Gasteiger charge is 2.18. The first kappa shape index (κ1) is 15.9. The van der Waals surface area contributed by atoms with Crippen LogP contribution in [0.15, 0.2) is 42.6 Å². The van der Waals surface area contributed by atoms with Crippen molar-refractivity contribution in [2.75, 3.05) is 0 Å². The van der Waals surface area contributed by atoms with E-state index >= 15 is 0 Å². The number of pyridine rings is 1. The number of benzene rings is 1. The van der Waals surface area contributed by atoms with Gasteiger partial charge < -0.3 is 5.11 Å². The largest absolute Gasteiger partial charge is 0.478 e. The number of carbonyl (C=O) groups is 1. The van der Waals surface area contributed by atoms with Gasteiger partial charge in [-0.05, 0) is 38.0 Å². The quantitative estimate of drug-likeness (QED) is 0.793. The summed E-state index contributed by atoms with van der Waals surface area (Å²) in [7, 11) is 0. The van der Waals surface area contributed by atoms with Crippen LogP contribution in [0.5, 0.6) is 0 Å². The third-order valence-electron chi connectivity index (χ3n) is 4.09. The van der Waals surface area contributed by atoms with Crippen LogP contribution in [-0.2, 0) is 6.42 Å². The Bertz CT molecular complexity index is 895. The lowest BCUT2D eigenvalue weighted by Gasteiger charge is -2.09. The molecule has 1 aromatic carbocycles. The molecule has 1 N–H and O–H groups in total. The van der Waals surface area contributed by atoms with E-state index in [2.05, 4.69) is 41.3 Å². The van der Waals surface area contributed by atoms with Crippen molar-refractivity contribution in [1.29, 1.82) is 0 Å². The molecule has 0 bridgehead atoms. The predicted octanol–water partition coefficient (Wildman–Crippen LogP) is 3.81. The molecular weight excluding hydrogens is 302 g/mol. The lowest BCUT2D eigenvalue weighted by molar-refractivity contribution is 0.0696. The van der Waals surface area contributed by atoms with Gasteiger partial charge in [0.05, 0.1) is 17.0 Å².